The molecule has 3 aromatic rings. The fourth-order valence-electron chi connectivity index (χ4n) is 4.03. The average molecular weight is 511 g/mol. The van der Waals surface area contributed by atoms with Gasteiger partial charge in [-0.2, -0.15) is 0 Å². The molecule has 0 saturated carbocycles. The molecule has 0 bridgehead atoms. The van der Waals surface area contributed by atoms with E-state index >= 15 is 0 Å². The molecule has 7 nitrogen and oxygen atoms in total. The summed E-state index contributed by atoms with van der Waals surface area (Å²) in [4.78, 5) is 31.5. The molecule has 0 aliphatic carbocycles. The molecule has 36 heavy (non-hydrogen) atoms. The van der Waals surface area contributed by atoms with Crippen molar-refractivity contribution in [2.24, 2.45) is 4.99 Å². The number of fused-ring (bicyclic) bond motifs is 1. The maximum absolute atomic E-state index is 13.7. The molecule has 1 aromatic heterocycles. The van der Waals surface area contributed by atoms with Crippen LogP contribution in [0.15, 0.2) is 63.5 Å². The molecule has 1 atom stereocenters. The van der Waals surface area contributed by atoms with Gasteiger partial charge in [0.05, 0.1) is 41.7 Å². The Morgan fingerprint density at radius 3 is 2.56 bits per heavy atom. The number of thiazole rings is 1. The van der Waals surface area contributed by atoms with Crippen LogP contribution >= 0.6 is 11.3 Å². The number of esters is 1. The lowest BCUT2D eigenvalue weighted by Gasteiger charge is -2.24. The first-order chi connectivity index (χ1) is 17.2. The summed E-state index contributed by atoms with van der Waals surface area (Å²) in [5.74, 6) is 0.184. The Labute approximate surface area is 211 Å². The van der Waals surface area contributed by atoms with Crippen molar-refractivity contribution in [2.45, 2.75) is 39.8 Å². The van der Waals surface area contributed by atoms with Crippen molar-refractivity contribution in [1.82, 2.24) is 4.57 Å². The van der Waals surface area contributed by atoms with E-state index in [1.807, 2.05) is 19.9 Å². The van der Waals surface area contributed by atoms with Gasteiger partial charge in [-0.1, -0.05) is 29.5 Å². The van der Waals surface area contributed by atoms with E-state index < -0.39 is 17.8 Å². The van der Waals surface area contributed by atoms with Gasteiger partial charge in [0.2, 0.25) is 0 Å². The number of hydrogen-bond donors (Lipinski definition) is 0. The second kappa shape index (κ2) is 10.5. The number of aromatic nitrogens is 1. The summed E-state index contributed by atoms with van der Waals surface area (Å²) in [7, 11) is 1.56. The van der Waals surface area contributed by atoms with E-state index in [2.05, 4.69) is 4.99 Å². The standard InChI is InChI=1S/C27H27FN2O5S/c1-6-34-26(32)23-16(4)29-27-30(24(23)18-8-10-19(28)11-9-18)25(31)22(36-27)14-17-7-12-20(35-15(2)3)21(13-17)33-5/h7-15,24H,6H2,1-5H3/b22-14-/t24-/m0/s1. The largest absolute Gasteiger partial charge is 0.493 e. The Morgan fingerprint density at radius 1 is 1.19 bits per heavy atom. The molecule has 2 aromatic carbocycles. The second-order valence-corrected chi connectivity index (χ2v) is 9.44. The zero-order chi connectivity index (χ0) is 26.0. The van der Waals surface area contributed by atoms with Gasteiger partial charge >= 0.3 is 5.97 Å². The minimum absolute atomic E-state index is 0.0169. The summed E-state index contributed by atoms with van der Waals surface area (Å²) >= 11 is 1.21. The van der Waals surface area contributed by atoms with Crippen molar-refractivity contribution in [1.29, 1.82) is 0 Å². The fraction of sp³-hybridized carbons (Fsp3) is 0.296. The zero-order valence-corrected chi connectivity index (χ0v) is 21.5. The molecule has 188 valence electrons. The van der Waals surface area contributed by atoms with E-state index in [1.165, 1.54) is 28.0 Å². The Hall–Kier alpha value is -3.72. The van der Waals surface area contributed by atoms with E-state index in [-0.39, 0.29) is 23.8 Å². The minimum atomic E-state index is -0.792. The molecule has 2 heterocycles. The number of halogens is 1. The average Bonchev–Trinajstić information content (AvgIpc) is 3.13. The number of rotatable bonds is 7. The molecule has 1 aliphatic heterocycles. The van der Waals surface area contributed by atoms with Gasteiger partial charge in [0.15, 0.2) is 16.3 Å². The molecule has 0 N–H and O–H groups in total. The predicted octanol–water partition coefficient (Wildman–Crippen LogP) is 3.73. The van der Waals surface area contributed by atoms with Crippen LogP contribution < -0.4 is 24.4 Å². The van der Waals surface area contributed by atoms with Crippen molar-refractivity contribution >= 4 is 23.4 Å². The molecular formula is C27H27FN2O5S. The summed E-state index contributed by atoms with van der Waals surface area (Å²) in [5, 5.41) is 0. The van der Waals surface area contributed by atoms with Crippen LogP contribution in [0, 0.1) is 5.82 Å². The van der Waals surface area contributed by atoms with Gasteiger partial charge in [0, 0.05) is 0 Å². The van der Waals surface area contributed by atoms with Crippen LogP contribution in [0.5, 0.6) is 11.5 Å². The van der Waals surface area contributed by atoms with E-state index in [4.69, 9.17) is 14.2 Å². The lowest BCUT2D eigenvalue weighted by molar-refractivity contribution is -0.139. The smallest absolute Gasteiger partial charge is 0.338 e. The van der Waals surface area contributed by atoms with Gasteiger partial charge in [-0.05, 0) is 69.2 Å². The van der Waals surface area contributed by atoms with Crippen LogP contribution in [0.3, 0.4) is 0 Å². The van der Waals surface area contributed by atoms with E-state index in [1.54, 1.807) is 51.3 Å². The SMILES string of the molecule is CCOC(=O)C1=C(C)N=c2s/c(=C\c3ccc(OC(C)C)c(OC)c3)c(=O)n2[C@H]1c1ccc(F)cc1. The number of nitrogens with zero attached hydrogens (tertiary/aromatic N) is 2. The first kappa shape index (κ1) is 25.4. The van der Waals surface area contributed by atoms with Crippen LogP contribution in [0.2, 0.25) is 0 Å². The molecule has 0 amide bonds. The third kappa shape index (κ3) is 4.97. The topological polar surface area (TPSA) is 79.1 Å². The van der Waals surface area contributed by atoms with Crippen molar-refractivity contribution in [2.75, 3.05) is 13.7 Å². The highest BCUT2D eigenvalue weighted by atomic mass is 32.1. The minimum Gasteiger partial charge on any atom is -0.493 e. The number of allylic oxidation sites excluding steroid dienone is 1. The molecule has 0 saturated heterocycles. The third-order valence-corrected chi connectivity index (χ3v) is 6.53. The maximum atomic E-state index is 13.7. The van der Waals surface area contributed by atoms with Gasteiger partial charge in [0.1, 0.15) is 5.82 Å². The number of ether oxygens (including phenoxy) is 3. The summed E-state index contributed by atoms with van der Waals surface area (Å²) in [6, 6.07) is 10.4. The monoisotopic (exact) mass is 510 g/mol. The summed E-state index contributed by atoms with van der Waals surface area (Å²) in [6.45, 7) is 7.45. The first-order valence-corrected chi connectivity index (χ1v) is 12.3. The summed E-state index contributed by atoms with van der Waals surface area (Å²) in [6.07, 6.45) is 1.73. The molecule has 9 heteroatoms. The lowest BCUT2D eigenvalue weighted by atomic mass is 9.96. The van der Waals surface area contributed by atoms with E-state index in [0.717, 1.165) is 5.56 Å². The summed E-state index contributed by atoms with van der Waals surface area (Å²) < 4.78 is 32.1. The van der Waals surface area contributed by atoms with Crippen LogP contribution in [0.4, 0.5) is 4.39 Å². The van der Waals surface area contributed by atoms with E-state index in [9.17, 15) is 14.0 Å². The fourth-order valence-corrected chi connectivity index (χ4v) is 5.08. The molecule has 1 aliphatic rings. The number of methoxy groups -OCH3 is 1. The Kier molecular flexibility index (Phi) is 7.40. The molecule has 0 spiro atoms. The predicted molar refractivity (Wildman–Crippen MR) is 136 cm³/mol. The Morgan fingerprint density at radius 2 is 1.92 bits per heavy atom. The van der Waals surface area contributed by atoms with Gasteiger partial charge in [-0.25, -0.2) is 14.2 Å². The van der Waals surface area contributed by atoms with Crippen molar-refractivity contribution in [3.63, 3.8) is 0 Å². The zero-order valence-electron chi connectivity index (χ0n) is 20.7. The van der Waals surface area contributed by atoms with Crippen LogP contribution in [0.1, 0.15) is 44.9 Å². The molecule has 4 rings (SSSR count). The Balaban J connectivity index is 1.88. The first-order valence-electron chi connectivity index (χ1n) is 11.5. The van der Waals surface area contributed by atoms with Gasteiger partial charge in [-0.15, -0.1) is 0 Å². The molecule has 0 radical (unpaired) electrons. The quantitative estimate of drug-likeness (QED) is 0.453. The van der Waals surface area contributed by atoms with Gasteiger partial charge in [-0.3, -0.25) is 9.36 Å². The third-order valence-electron chi connectivity index (χ3n) is 5.55. The van der Waals surface area contributed by atoms with Crippen molar-refractivity contribution < 1.29 is 23.4 Å². The highest BCUT2D eigenvalue weighted by Crippen LogP contribution is 2.31. The molecule has 0 unspecified atom stereocenters. The number of carbonyl (C=O) groups excluding carboxylic acids is 1. The lowest BCUT2D eigenvalue weighted by Crippen LogP contribution is -2.39. The molecular weight excluding hydrogens is 483 g/mol. The summed E-state index contributed by atoms with van der Waals surface area (Å²) in [5.41, 5.74) is 1.71. The van der Waals surface area contributed by atoms with Gasteiger partial charge in [0.25, 0.3) is 5.56 Å². The van der Waals surface area contributed by atoms with Crippen LogP contribution in [-0.4, -0.2) is 30.4 Å². The number of hydrogen-bond acceptors (Lipinski definition) is 7. The van der Waals surface area contributed by atoms with Crippen molar-refractivity contribution in [3.05, 3.63) is 90.4 Å². The van der Waals surface area contributed by atoms with Crippen molar-refractivity contribution in [3.8, 4) is 11.5 Å². The van der Waals surface area contributed by atoms with Gasteiger partial charge < -0.3 is 14.2 Å². The van der Waals surface area contributed by atoms with E-state index in [0.29, 0.717) is 32.1 Å². The number of benzene rings is 2. The molecule has 0 fully saturated rings. The highest BCUT2D eigenvalue weighted by Gasteiger charge is 2.33. The van der Waals surface area contributed by atoms with Crippen LogP contribution in [0.25, 0.3) is 6.08 Å². The normalized spacial score (nSPS) is 15.5. The maximum Gasteiger partial charge on any atom is 0.338 e. The number of carbonyl (C=O) groups is 1. The van der Waals surface area contributed by atoms with Crippen LogP contribution in [-0.2, 0) is 9.53 Å². The highest BCUT2D eigenvalue weighted by molar-refractivity contribution is 7.07. The second-order valence-electron chi connectivity index (χ2n) is 8.43. The Bertz CT molecular complexity index is 1500.